The first-order valence-electron chi connectivity index (χ1n) is 26.1. The quantitative estimate of drug-likeness (QED) is 0.0263. The van der Waals surface area contributed by atoms with Crippen LogP contribution < -0.4 is 0 Å². The molecular weight excluding hydrogens is 757 g/mol. The standard InChI is InChI=1S/C55H98O6/c1-4-7-10-13-16-19-22-25-26-27-28-29-31-33-36-39-42-45-48-54(57)60-51-52(50-59-53(56)47-44-41-38-35-32-24-21-18-15-12-9-6-3)61-55(58)49-46-43-40-37-34-30-23-20-17-14-11-8-5-2/h8,11,17,20,30,34,40,43,52H,4-7,9-10,12-16,18-19,21-29,31-33,35-39,41-42,44-51H2,1-3H3/b11-8-,20-17-,34-30-,43-40-. The molecule has 0 N–H and O–H groups in total. The van der Waals surface area contributed by atoms with Crippen molar-refractivity contribution >= 4 is 17.9 Å². The lowest BCUT2D eigenvalue weighted by Gasteiger charge is -2.18. The highest BCUT2D eigenvalue weighted by Crippen LogP contribution is 2.16. The molecule has 0 radical (unpaired) electrons. The SMILES string of the molecule is CC/C=C\C/C=C\C/C=C\C/C=C\CCC(=O)OC(COC(=O)CCCCCCCCCCCCCC)COC(=O)CCCCCCCCCCCCCCCCCCCC. The highest BCUT2D eigenvalue weighted by atomic mass is 16.6. The van der Waals surface area contributed by atoms with Crippen molar-refractivity contribution in [2.45, 2.75) is 271 Å². The maximum atomic E-state index is 12.7. The highest BCUT2D eigenvalue weighted by molar-refractivity contribution is 5.71. The molecule has 0 aliphatic rings. The highest BCUT2D eigenvalue weighted by Gasteiger charge is 2.19. The summed E-state index contributed by atoms with van der Waals surface area (Å²) in [6, 6.07) is 0. The fraction of sp³-hybridized carbons (Fsp3) is 0.800. The van der Waals surface area contributed by atoms with Gasteiger partial charge in [0.1, 0.15) is 13.2 Å². The van der Waals surface area contributed by atoms with Crippen molar-refractivity contribution in [2.75, 3.05) is 13.2 Å². The third-order valence-corrected chi connectivity index (χ3v) is 11.4. The molecule has 1 atom stereocenters. The van der Waals surface area contributed by atoms with Crippen LogP contribution in [0.4, 0.5) is 0 Å². The Morgan fingerprint density at radius 3 is 0.967 bits per heavy atom. The summed E-state index contributed by atoms with van der Waals surface area (Å²) >= 11 is 0. The average Bonchev–Trinajstić information content (AvgIpc) is 3.26. The molecular formula is C55H98O6. The lowest BCUT2D eigenvalue weighted by atomic mass is 10.0. The van der Waals surface area contributed by atoms with Crippen LogP contribution in [-0.2, 0) is 28.6 Å². The second-order valence-electron chi connectivity index (χ2n) is 17.4. The molecule has 0 saturated heterocycles. The molecule has 0 fully saturated rings. The molecule has 0 spiro atoms. The summed E-state index contributed by atoms with van der Waals surface area (Å²) in [7, 11) is 0. The number of hydrogen-bond donors (Lipinski definition) is 0. The van der Waals surface area contributed by atoms with E-state index < -0.39 is 6.10 Å². The minimum atomic E-state index is -0.805. The van der Waals surface area contributed by atoms with E-state index in [1.54, 1.807) is 0 Å². The second-order valence-corrected chi connectivity index (χ2v) is 17.4. The van der Waals surface area contributed by atoms with Crippen LogP contribution in [0.3, 0.4) is 0 Å². The molecule has 0 aromatic carbocycles. The Balaban J connectivity index is 4.37. The zero-order chi connectivity index (χ0) is 44.4. The molecule has 0 bridgehead atoms. The van der Waals surface area contributed by atoms with Gasteiger partial charge in [-0.05, 0) is 44.9 Å². The summed E-state index contributed by atoms with van der Waals surface area (Å²) < 4.78 is 16.7. The predicted molar refractivity (Wildman–Crippen MR) is 261 cm³/mol. The number of ether oxygens (including phenoxy) is 3. The number of carbonyl (C=O) groups excluding carboxylic acids is 3. The van der Waals surface area contributed by atoms with E-state index in [1.165, 1.54) is 154 Å². The monoisotopic (exact) mass is 855 g/mol. The molecule has 1 unspecified atom stereocenters. The molecule has 0 saturated carbocycles. The first-order chi connectivity index (χ1) is 30.0. The normalized spacial score (nSPS) is 12.4. The van der Waals surface area contributed by atoms with E-state index in [-0.39, 0.29) is 37.5 Å². The van der Waals surface area contributed by atoms with Crippen molar-refractivity contribution in [3.63, 3.8) is 0 Å². The lowest BCUT2D eigenvalue weighted by Crippen LogP contribution is -2.30. The Hall–Kier alpha value is -2.63. The third-order valence-electron chi connectivity index (χ3n) is 11.4. The van der Waals surface area contributed by atoms with Gasteiger partial charge in [-0.15, -0.1) is 0 Å². The number of esters is 3. The summed E-state index contributed by atoms with van der Waals surface area (Å²) in [4.78, 5) is 37.9. The summed E-state index contributed by atoms with van der Waals surface area (Å²) in [5.74, 6) is -0.970. The first kappa shape index (κ1) is 58.4. The minimum absolute atomic E-state index is 0.0977. The van der Waals surface area contributed by atoms with Gasteiger partial charge < -0.3 is 14.2 Å². The Bertz CT molecular complexity index is 1070. The number of rotatable bonds is 47. The van der Waals surface area contributed by atoms with Crippen LogP contribution in [0, 0.1) is 0 Å². The van der Waals surface area contributed by atoms with Crippen molar-refractivity contribution in [3.05, 3.63) is 48.6 Å². The molecule has 0 aromatic heterocycles. The summed E-state index contributed by atoms with van der Waals surface area (Å²) in [5.41, 5.74) is 0. The van der Waals surface area contributed by atoms with Gasteiger partial charge in [-0.3, -0.25) is 14.4 Å². The van der Waals surface area contributed by atoms with E-state index in [1.807, 2.05) is 12.2 Å². The summed E-state index contributed by atoms with van der Waals surface area (Å²) in [6.07, 6.45) is 59.7. The number of unbranched alkanes of at least 4 members (excludes halogenated alkanes) is 28. The van der Waals surface area contributed by atoms with E-state index in [0.717, 1.165) is 64.2 Å². The predicted octanol–water partition coefficient (Wildman–Crippen LogP) is 17.1. The van der Waals surface area contributed by atoms with Gasteiger partial charge in [0, 0.05) is 19.3 Å². The Morgan fingerprint density at radius 2 is 0.639 bits per heavy atom. The Kier molecular flexibility index (Phi) is 47.9. The van der Waals surface area contributed by atoms with Crippen LogP contribution in [0.15, 0.2) is 48.6 Å². The van der Waals surface area contributed by atoms with Gasteiger partial charge in [0.05, 0.1) is 0 Å². The lowest BCUT2D eigenvalue weighted by molar-refractivity contribution is -0.166. The molecule has 0 rings (SSSR count). The van der Waals surface area contributed by atoms with Crippen molar-refractivity contribution in [1.82, 2.24) is 0 Å². The van der Waals surface area contributed by atoms with Gasteiger partial charge in [-0.25, -0.2) is 0 Å². The molecule has 354 valence electrons. The smallest absolute Gasteiger partial charge is 0.306 e. The Labute approximate surface area is 378 Å². The van der Waals surface area contributed by atoms with Crippen LogP contribution in [-0.4, -0.2) is 37.2 Å². The van der Waals surface area contributed by atoms with Crippen LogP contribution >= 0.6 is 0 Å². The van der Waals surface area contributed by atoms with Gasteiger partial charge in [-0.1, -0.05) is 249 Å². The van der Waals surface area contributed by atoms with Crippen LogP contribution in [0.25, 0.3) is 0 Å². The van der Waals surface area contributed by atoms with Gasteiger partial charge in [0.25, 0.3) is 0 Å². The topological polar surface area (TPSA) is 78.9 Å². The first-order valence-corrected chi connectivity index (χ1v) is 26.1. The molecule has 0 aromatic rings. The van der Waals surface area contributed by atoms with Crippen molar-refractivity contribution in [1.29, 1.82) is 0 Å². The fourth-order valence-electron chi connectivity index (χ4n) is 7.46. The average molecular weight is 855 g/mol. The van der Waals surface area contributed by atoms with E-state index in [4.69, 9.17) is 14.2 Å². The molecule has 6 heteroatoms. The maximum Gasteiger partial charge on any atom is 0.306 e. The fourth-order valence-corrected chi connectivity index (χ4v) is 7.46. The molecule has 6 nitrogen and oxygen atoms in total. The van der Waals surface area contributed by atoms with E-state index in [2.05, 4.69) is 57.2 Å². The number of hydrogen-bond acceptors (Lipinski definition) is 6. The van der Waals surface area contributed by atoms with Gasteiger partial charge in [0.2, 0.25) is 0 Å². The zero-order valence-electron chi connectivity index (χ0n) is 40.4. The van der Waals surface area contributed by atoms with Crippen LogP contribution in [0.1, 0.15) is 265 Å². The number of carbonyl (C=O) groups is 3. The van der Waals surface area contributed by atoms with Gasteiger partial charge >= 0.3 is 17.9 Å². The van der Waals surface area contributed by atoms with Gasteiger partial charge in [0.15, 0.2) is 6.10 Å². The summed E-state index contributed by atoms with van der Waals surface area (Å²) in [5, 5.41) is 0. The van der Waals surface area contributed by atoms with E-state index >= 15 is 0 Å². The van der Waals surface area contributed by atoms with Gasteiger partial charge in [-0.2, -0.15) is 0 Å². The maximum absolute atomic E-state index is 12.7. The van der Waals surface area contributed by atoms with Crippen LogP contribution in [0.5, 0.6) is 0 Å². The zero-order valence-corrected chi connectivity index (χ0v) is 40.4. The number of allylic oxidation sites excluding steroid dienone is 8. The summed E-state index contributed by atoms with van der Waals surface area (Å²) in [6.45, 7) is 6.48. The second kappa shape index (κ2) is 50.0. The Morgan fingerprint density at radius 1 is 0.344 bits per heavy atom. The largest absolute Gasteiger partial charge is 0.462 e. The molecule has 61 heavy (non-hydrogen) atoms. The van der Waals surface area contributed by atoms with Crippen LogP contribution in [0.2, 0.25) is 0 Å². The molecule has 0 aliphatic carbocycles. The molecule has 0 amide bonds. The van der Waals surface area contributed by atoms with Crippen molar-refractivity contribution in [3.8, 4) is 0 Å². The van der Waals surface area contributed by atoms with Crippen molar-refractivity contribution in [2.24, 2.45) is 0 Å². The third kappa shape index (κ3) is 48.3. The van der Waals surface area contributed by atoms with E-state index in [9.17, 15) is 14.4 Å². The molecule has 0 aliphatic heterocycles. The van der Waals surface area contributed by atoms with Crippen molar-refractivity contribution < 1.29 is 28.6 Å². The minimum Gasteiger partial charge on any atom is -0.462 e. The molecule has 0 heterocycles. The van der Waals surface area contributed by atoms with E-state index in [0.29, 0.717) is 19.3 Å².